The smallest absolute Gasteiger partial charge is 0.319 e. The van der Waals surface area contributed by atoms with E-state index in [1.165, 1.54) is 0 Å². The van der Waals surface area contributed by atoms with Crippen LogP contribution in [0, 0.1) is 6.92 Å². The minimum Gasteiger partial charge on any atom is -0.492 e. The summed E-state index contributed by atoms with van der Waals surface area (Å²) in [6, 6.07) is 14.8. The summed E-state index contributed by atoms with van der Waals surface area (Å²) in [5.74, 6) is 1.48. The maximum Gasteiger partial charge on any atom is 0.319 e. The molecule has 5 nitrogen and oxygen atoms in total. The zero-order chi connectivity index (χ0) is 16.5. The zero-order valence-corrected chi connectivity index (χ0v) is 13.5. The van der Waals surface area contributed by atoms with Gasteiger partial charge in [-0.25, -0.2) is 4.79 Å². The lowest BCUT2D eigenvalue weighted by Crippen LogP contribution is -2.32. The van der Waals surface area contributed by atoms with E-state index < -0.39 is 0 Å². The molecule has 5 heteroatoms. The molecule has 0 aliphatic carbocycles. The Kier molecular flexibility index (Phi) is 6.29. The molecule has 0 aliphatic heterocycles. The van der Waals surface area contributed by atoms with Crippen LogP contribution in [-0.2, 0) is 0 Å². The number of carbonyl (C=O) groups is 1. The molecule has 0 spiro atoms. The molecule has 23 heavy (non-hydrogen) atoms. The molecule has 2 amide bonds. The van der Waals surface area contributed by atoms with Crippen molar-refractivity contribution >= 4 is 11.7 Å². The number of nitrogens with one attached hydrogen (secondary N) is 2. The standard InChI is InChI=1S/C18H22N2O3/c1-3-22-17-11-7-5-9-15(17)20-18(21)19-12-13-23-16-10-6-4-8-14(16)2/h4-11H,3,12-13H2,1-2H3,(H2,19,20,21). The fraction of sp³-hybridized carbons (Fsp3) is 0.278. The Morgan fingerprint density at radius 1 is 1.00 bits per heavy atom. The molecule has 2 aromatic rings. The van der Waals surface area contributed by atoms with Gasteiger partial charge in [-0.3, -0.25) is 0 Å². The van der Waals surface area contributed by atoms with Crippen LogP contribution >= 0.6 is 0 Å². The quantitative estimate of drug-likeness (QED) is 0.768. The molecular weight excluding hydrogens is 292 g/mol. The number of ether oxygens (including phenoxy) is 2. The van der Waals surface area contributed by atoms with Crippen molar-refractivity contribution in [3.8, 4) is 11.5 Å². The molecule has 2 aromatic carbocycles. The summed E-state index contributed by atoms with van der Waals surface area (Å²) < 4.78 is 11.1. The molecule has 0 aliphatic rings. The minimum absolute atomic E-state index is 0.287. The third-order valence-electron chi connectivity index (χ3n) is 3.17. The molecule has 0 heterocycles. The van der Waals surface area contributed by atoms with Crippen LogP contribution in [0.15, 0.2) is 48.5 Å². The van der Waals surface area contributed by atoms with E-state index >= 15 is 0 Å². The number of hydrogen-bond acceptors (Lipinski definition) is 3. The summed E-state index contributed by atoms with van der Waals surface area (Å²) in [4.78, 5) is 11.9. The fourth-order valence-electron chi connectivity index (χ4n) is 2.06. The molecule has 122 valence electrons. The van der Waals surface area contributed by atoms with Gasteiger partial charge in [-0.1, -0.05) is 30.3 Å². The van der Waals surface area contributed by atoms with Crippen molar-refractivity contribution in [2.24, 2.45) is 0 Å². The average Bonchev–Trinajstić information content (AvgIpc) is 2.55. The lowest BCUT2D eigenvalue weighted by Gasteiger charge is -2.13. The lowest BCUT2D eigenvalue weighted by molar-refractivity contribution is 0.247. The molecule has 2 rings (SSSR count). The van der Waals surface area contributed by atoms with Crippen LogP contribution in [0.4, 0.5) is 10.5 Å². The van der Waals surface area contributed by atoms with Crippen molar-refractivity contribution in [2.45, 2.75) is 13.8 Å². The highest BCUT2D eigenvalue weighted by Gasteiger charge is 2.06. The number of rotatable bonds is 7. The topological polar surface area (TPSA) is 59.6 Å². The van der Waals surface area contributed by atoms with Gasteiger partial charge in [-0.15, -0.1) is 0 Å². The molecule has 0 fully saturated rings. The Balaban J connectivity index is 1.76. The number of para-hydroxylation sites is 3. The molecule has 2 N–H and O–H groups in total. The minimum atomic E-state index is -0.287. The molecule has 0 bridgehead atoms. The van der Waals surface area contributed by atoms with Gasteiger partial charge >= 0.3 is 6.03 Å². The average molecular weight is 314 g/mol. The summed E-state index contributed by atoms with van der Waals surface area (Å²) in [7, 11) is 0. The molecule has 0 saturated heterocycles. The third kappa shape index (κ3) is 5.21. The Bertz CT molecular complexity index is 644. The van der Waals surface area contributed by atoms with E-state index in [9.17, 15) is 4.79 Å². The zero-order valence-electron chi connectivity index (χ0n) is 13.5. The van der Waals surface area contributed by atoms with Crippen LogP contribution in [0.3, 0.4) is 0 Å². The number of amides is 2. The predicted octanol–water partition coefficient (Wildman–Crippen LogP) is 3.59. The first kappa shape index (κ1) is 16.7. The number of hydrogen-bond donors (Lipinski definition) is 2. The second kappa shape index (κ2) is 8.68. The Morgan fingerprint density at radius 3 is 2.43 bits per heavy atom. The third-order valence-corrected chi connectivity index (χ3v) is 3.17. The second-order valence-electron chi connectivity index (χ2n) is 4.92. The predicted molar refractivity (Wildman–Crippen MR) is 91.3 cm³/mol. The Hall–Kier alpha value is -2.69. The largest absolute Gasteiger partial charge is 0.492 e. The summed E-state index contributed by atoms with van der Waals surface area (Å²) in [5.41, 5.74) is 1.72. The highest BCUT2D eigenvalue weighted by Crippen LogP contribution is 2.23. The first-order valence-electron chi connectivity index (χ1n) is 7.66. The number of aryl methyl sites for hydroxylation is 1. The number of carbonyl (C=O) groups excluding carboxylic acids is 1. The van der Waals surface area contributed by atoms with Gasteiger partial charge in [0.25, 0.3) is 0 Å². The second-order valence-corrected chi connectivity index (χ2v) is 4.92. The first-order chi connectivity index (χ1) is 11.2. The highest BCUT2D eigenvalue weighted by atomic mass is 16.5. The van der Waals surface area contributed by atoms with Crippen molar-refractivity contribution in [1.82, 2.24) is 5.32 Å². The van der Waals surface area contributed by atoms with Crippen LogP contribution in [0.5, 0.6) is 11.5 Å². The van der Waals surface area contributed by atoms with Crippen molar-refractivity contribution < 1.29 is 14.3 Å². The van der Waals surface area contributed by atoms with E-state index in [0.717, 1.165) is 11.3 Å². The van der Waals surface area contributed by atoms with E-state index in [1.54, 1.807) is 6.07 Å². The van der Waals surface area contributed by atoms with Crippen molar-refractivity contribution in [2.75, 3.05) is 25.1 Å². The summed E-state index contributed by atoms with van der Waals surface area (Å²) in [6.45, 7) is 5.26. The summed E-state index contributed by atoms with van der Waals surface area (Å²) in [6.07, 6.45) is 0. The van der Waals surface area contributed by atoms with Crippen LogP contribution in [-0.4, -0.2) is 25.8 Å². The molecule has 0 radical (unpaired) electrons. The van der Waals surface area contributed by atoms with Crippen LogP contribution in [0.1, 0.15) is 12.5 Å². The van der Waals surface area contributed by atoms with Gasteiger partial charge in [-0.05, 0) is 37.6 Å². The van der Waals surface area contributed by atoms with Crippen LogP contribution in [0.2, 0.25) is 0 Å². The molecule has 0 saturated carbocycles. The molecule has 0 unspecified atom stereocenters. The SMILES string of the molecule is CCOc1ccccc1NC(=O)NCCOc1ccccc1C. The van der Waals surface area contributed by atoms with Gasteiger partial charge in [-0.2, -0.15) is 0 Å². The maximum absolute atomic E-state index is 11.9. The van der Waals surface area contributed by atoms with Crippen LogP contribution in [0.25, 0.3) is 0 Å². The van der Waals surface area contributed by atoms with E-state index in [2.05, 4.69) is 10.6 Å². The van der Waals surface area contributed by atoms with Crippen LogP contribution < -0.4 is 20.1 Å². The normalized spacial score (nSPS) is 10.0. The van der Waals surface area contributed by atoms with Gasteiger partial charge in [0.15, 0.2) is 0 Å². The number of urea groups is 1. The fourth-order valence-corrected chi connectivity index (χ4v) is 2.06. The van der Waals surface area contributed by atoms with E-state index in [4.69, 9.17) is 9.47 Å². The molecule has 0 aromatic heterocycles. The summed E-state index contributed by atoms with van der Waals surface area (Å²) in [5, 5.41) is 5.53. The Labute approximate surface area is 136 Å². The van der Waals surface area contributed by atoms with Gasteiger partial charge in [0.05, 0.1) is 18.8 Å². The van der Waals surface area contributed by atoms with E-state index in [1.807, 2.05) is 56.3 Å². The van der Waals surface area contributed by atoms with Crippen molar-refractivity contribution in [1.29, 1.82) is 0 Å². The Morgan fingerprint density at radius 2 is 1.70 bits per heavy atom. The molecule has 0 atom stereocenters. The monoisotopic (exact) mass is 314 g/mol. The number of benzene rings is 2. The highest BCUT2D eigenvalue weighted by molar-refractivity contribution is 5.90. The maximum atomic E-state index is 11.9. The van der Waals surface area contributed by atoms with Gasteiger partial charge in [0.2, 0.25) is 0 Å². The van der Waals surface area contributed by atoms with Gasteiger partial charge in [0.1, 0.15) is 18.1 Å². The van der Waals surface area contributed by atoms with E-state index in [-0.39, 0.29) is 6.03 Å². The van der Waals surface area contributed by atoms with E-state index in [0.29, 0.717) is 31.2 Å². The molecular formula is C18H22N2O3. The summed E-state index contributed by atoms with van der Waals surface area (Å²) >= 11 is 0. The van der Waals surface area contributed by atoms with Gasteiger partial charge in [0, 0.05) is 0 Å². The number of anilines is 1. The lowest BCUT2D eigenvalue weighted by atomic mass is 10.2. The van der Waals surface area contributed by atoms with Crippen molar-refractivity contribution in [3.63, 3.8) is 0 Å². The van der Waals surface area contributed by atoms with Gasteiger partial charge < -0.3 is 20.1 Å². The first-order valence-corrected chi connectivity index (χ1v) is 7.66. The van der Waals surface area contributed by atoms with Crippen molar-refractivity contribution in [3.05, 3.63) is 54.1 Å².